The number of hydrogen-bond acceptors (Lipinski definition) is 5. The molecule has 1 aliphatic heterocycles. The molecule has 0 spiro atoms. The number of nitriles is 1. The van der Waals surface area contributed by atoms with Gasteiger partial charge in [0, 0.05) is 25.2 Å². The van der Waals surface area contributed by atoms with Gasteiger partial charge in [0.1, 0.15) is 0 Å². The third kappa shape index (κ3) is 4.10. The van der Waals surface area contributed by atoms with Crippen LogP contribution in [0.4, 0.5) is 0 Å². The Morgan fingerprint density at radius 3 is 2.78 bits per heavy atom. The summed E-state index contributed by atoms with van der Waals surface area (Å²) in [6, 6.07) is 2.23. The topological polar surface area (TPSA) is 135 Å². The Labute approximate surface area is 184 Å². The summed E-state index contributed by atoms with van der Waals surface area (Å²) in [4.78, 5) is 39.8. The maximum Gasteiger partial charge on any atom is 0.378 e. The largest absolute Gasteiger partial charge is 0.477 e. The number of fused-ring (bicyclic) bond motifs is 1. The van der Waals surface area contributed by atoms with Gasteiger partial charge in [-0.1, -0.05) is 18.4 Å². The fourth-order valence-electron chi connectivity index (χ4n) is 3.94. The van der Waals surface area contributed by atoms with Gasteiger partial charge in [-0.25, -0.2) is 9.89 Å². The molecule has 10 nitrogen and oxygen atoms in total. The highest BCUT2D eigenvalue weighted by Crippen LogP contribution is 2.21. The molecule has 1 saturated heterocycles. The Morgan fingerprint density at radius 1 is 1.41 bits per heavy atom. The van der Waals surface area contributed by atoms with Crippen LogP contribution in [-0.4, -0.2) is 50.6 Å². The molecule has 0 aromatic carbocycles. The molecule has 0 unspecified atom stereocenters. The van der Waals surface area contributed by atoms with Gasteiger partial charge in [0.05, 0.1) is 30.3 Å². The number of carbonyl (C=O) groups excluding carboxylic acids is 2. The van der Waals surface area contributed by atoms with Gasteiger partial charge in [-0.3, -0.25) is 9.59 Å². The van der Waals surface area contributed by atoms with Crippen molar-refractivity contribution in [2.45, 2.75) is 45.7 Å². The summed E-state index contributed by atoms with van der Waals surface area (Å²) in [5, 5.41) is 25.5. The monoisotopic (exact) mass is 439 g/mol. The second-order valence-corrected chi connectivity index (χ2v) is 8.88. The first-order valence-corrected chi connectivity index (χ1v) is 10.9. The van der Waals surface area contributed by atoms with Crippen LogP contribution < -0.4 is 15.4 Å². The lowest BCUT2D eigenvalue weighted by molar-refractivity contribution is -0.686. The number of H-pyrrole nitrogens is 1. The van der Waals surface area contributed by atoms with Crippen LogP contribution in [0.5, 0.6) is 5.88 Å². The van der Waals surface area contributed by atoms with E-state index in [9.17, 15) is 19.5 Å². The lowest BCUT2D eigenvalue weighted by Crippen LogP contribution is -2.46. The van der Waals surface area contributed by atoms with Crippen LogP contribution in [-0.2, 0) is 11.3 Å². The third-order valence-electron chi connectivity index (χ3n) is 5.75. The van der Waals surface area contributed by atoms with Crippen LogP contribution in [0.2, 0.25) is 0 Å². The molecule has 3 N–H and O–H groups in total. The summed E-state index contributed by atoms with van der Waals surface area (Å²) in [5.74, 6) is -1.23. The van der Waals surface area contributed by atoms with Gasteiger partial charge in [0.25, 0.3) is 5.91 Å². The molecule has 0 bridgehead atoms. The number of nitrogens with zero attached hydrogens (tertiary/aromatic N) is 4. The summed E-state index contributed by atoms with van der Waals surface area (Å²) in [7, 11) is 0. The molecule has 1 atom stereocenters. The smallest absolute Gasteiger partial charge is 0.378 e. The average molecular weight is 439 g/mol. The lowest BCUT2D eigenvalue weighted by Gasteiger charge is -2.12. The molecule has 2 aromatic rings. The predicted molar refractivity (Wildman–Crippen MR) is 115 cm³/mol. The summed E-state index contributed by atoms with van der Waals surface area (Å²) >= 11 is 0. The van der Waals surface area contributed by atoms with Gasteiger partial charge in [-0.2, -0.15) is 9.83 Å². The predicted octanol–water partition coefficient (Wildman–Crippen LogP) is 0.554. The van der Waals surface area contributed by atoms with Crippen LogP contribution in [0.15, 0.2) is 17.1 Å². The van der Waals surface area contributed by atoms with Crippen molar-refractivity contribution in [2.75, 3.05) is 13.1 Å². The molecule has 1 saturated carbocycles. The minimum atomic E-state index is -0.655. The number of aromatic hydroxyl groups is 1. The van der Waals surface area contributed by atoms with E-state index in [0.717, 1.165) is 12.8 Å². The van der Waals surface area contributed by atoms with E-state index in [1.807, 2.05) is 13.8 Å². The number of hydrogen-bond donors (Lipinski definition) is 3. The van der Waals surface area contributed by atoms with Gasteiger partial charge in [-0.15, -0.1) is 0 Å². The van der Waals surface area contributed by atoms with Crippen LogP contribution in [0.1, 0.15) is 49.0 Å². The lowest BCUT2D eigenvalue weighted by atomic mass is 10.1. The maximum absolute atomic E-state index is 13.0. The van der Waals surface area contributed by atoms with Gasteiger partial charge in [0.15, 0.2) is 0 Å². The minimum Gasteiger partial charge on any atom is -0.477 e. The van der Waals surface area contributed by atoms with Crippen molar-refractivity contribution in [2.24, 2.45) is 11.8 Å². The van der Waals surface area contributed by atoms with Crippen molar-refractivity contribution in [3.8, 4) is 11.9 Å². The third-order valence-corrected chi connectivity index (χ3v) is 5.75. The number of carbonyl (C=O) groups is 2. The van der Waals surface area contributed by atoms with Crippen LogP contribution in [0.25, 0.3) is 11.7 Å². The number of aromatic nitrogens is 3. The van der Waals surface area contributed by atoms with Crippen LogP contribution in [0.3, 0.4) is 0 Å². The van der Waals surface area contributed by atoms with Crippen molar-refractivity contribution in [3.63, 3.8) is 0 Å². The van der Waals surface area contributed by atoms with E-state index in [1.165, 1.54) is 15.2 Å². The fourth-order valence-corrected chi connectivity index (χ4v) is 3.94. The van der Waals surface area contributed by atoms with Crippen LogP contribution in [0, 0.1) is 23.2 Å². The van der Waals surface area contributed by atoms with Crippen molar-refractivity contribution in [1.29, 1.82) is 5.26 Å². The Balaban J connectivity index is 1.73. The van der Waals surface area contributed by atoms with Crippen molar-refractivity contribution >= 4 is 23.5 Å². The van der Waals surface area contributed by atoms with Crippen molar-refractivity contribution in [3.05, 3.63) is 33.8 Å². The average Bonchev–Trinajstić information content (AvgIpc) is 3.26. The Bertz CT molecular complexity index is 1200. The number of nitrogens with one attached hydrogen (secondary N) is 2. The maximum atomic E-state index is 13.0. The molecule has 2 amide bonds. The number of likely N-dealkylation sites (tertiary alicyclic amines) is 1. The van der Waals surface area contributed by atoms with Gasteiger partial charge >= 0.3 is 17.1 Å². The van der Waals surface area contributed by atoms with Crippen LogP contribution >= 0.6 is 0 Å². The van der Waals surface area contributed by atoms with E-state index in [1.54, 1.807) is 17.2 Å². The molecule has 10 heteroatoms. The SMILES string of the molecule is CC(C)C[n+]1c(O)c(C(=O)NC2CC2)c(=O)n2[nH]cc(/C=C/C(=O)N3CC[C@@H](C#N)C3)c21. The number of rotatable bonds is 6. The first-order chi connectivity index (χ1) is 15.3. The van der Waals surface area contributed by atoms with Gasteiger partial charge in [-0.05, 0) is 31.3 Å². The van der Waals surface area contributed by atoms with E-state index in [-0.39, 0.29) is 35.2 Å². The van der Waals surface area contributed by atoms with E-state index < -0.39 is 11.5 Å². The highest BCUT2D eigenvalue weighted by atomic mass is 16.3. The van der Waals surface area contributed by atoms with Gasteiger partial charge in [0.2, 0.25) is 11.5 Å². The Morgan fingerprint density at radius 2 is 2.16 bits per heavy atom. The van der Waals surface area contributed by atoms with E-state index in [2.05, 4.69) is 16.5 Å². The zero-order valence-electron chi connectivity index (χ0n) is 18.2. The van der Waals surface area contributed by atoms with Crippen molar-refractivity contribution in [1.82, 2.24) is 19.8 Å². The zero-order chi connectivity index (χ0) is 23.0. The normalized spacial score (nSPS) is 18.6. The minimum absolute atomic E-state index is 0.0416. The highest BCUT2D eigenvalue weighted by Gasteiger charge is 2.34. The quantitative estimate of drug-likeness (QED) is 0.446. The second kappa shape index (κ2) is 8.49. The molecule has 0 radical (unpaired) electrons. The first kappa shape index (κ1) is 21.6. The highest BCUT2D eigenvalue weighted by molar-refractivity contribution is 5.96. The summed E-state index contributed by atoms with van der Waals surface area (Å²) in [6.45, 7) is 5.22. The zero-order valence-corrected chi connectivity index (χ0v) is 18.2. The Hall–Kier alpha value is -3.61. The molecule has 4 rings (SSSR count). The first-order valence-electron chi connectivity index (χ1n) is 10.9. The molecule has 32 heavy (non-hydrogen) atoms. The van der Waals surface area contributed by atoms with E-state index >= 15 is 0 Å². The molecular weight excluding hydrogens is 412 g/mol. The Kier molecular flexibility index (Phi) is 5.74. The second-order valence-electron chi connectivity index (χ2n) is 8.88. The summed E-state index contributed by atoms with van der Waals surface area (Å²) in [5.41, 5.74) is -0.0673. The molecule has 2 aliphatic rings. The molecule has 3 heterocycles. The number of amides is 2. The molecule has 2 fully saturated rings. The molecule has 1 aliphatic carbocycles. The number of aromatic amines is 1. The molecule has 2 aromatic heterocycles. The van der Waals surface area contributed by atoms with E-state index in [0.29, 0.717) is 37.3 Å². The standard InChI is InChI=1S/C22H26N6O4/c1-13(2)11-27-20-15(3-6-17(29)26-8-7-14(9-23)12-26)10-24-28(20)22(32)18(21(27)31)19(30)25-16-4-5-16/h3,6,10,13-14,16H,4-5,7-8,11-12H2,1-2H3,(H2,25,30,31,32)/p+1/b6-3+/t14-/m0/s1. The fraction of sp³-hybridized carbons (Fsp3) is 0.500. The molecule has 168 valence electrons. The summed E-state index contributed by atoms with van der Waals surface area (Å²) < 4.78 is 2.74. The van der Waals surface area contributed by atoms with E-state index in [4.69, 9.17) is 5.26 Å². The molecular formula is C22H27N6O4+. The summed E-state index contributed by atoms with van der Waals surface area (Å²) in [6.07, 6.45) is 6.92. The van der Waals surface area contributed by atoms with Gasteiger partial charge < -0.3 is 15.3 Å². The van der Waals surface area contributed by atoms with Crippen molar-refractivity contribution < 1.29 is 19.3 Å².